The van der Waals surface area contributed by atoms with Crippen molar-refractivity contribution in [2.75, 3.05) is 12.4 Å². The molecule has 0 spiro atoms. The van der Waals surface area contributed by atoms with E-state index in [9.17, 15) is 4.79 Å². The second-order valence-electron chi connectivity index (χ2n) is 4.54. The van der Waals surface area contributed by atoms with Gasteiger partial charge in [0.1, 0.15) is 5.75 Å². The molecule has 0 bridgehead atoms. The first-order valence-electron chi connectivity index (χ1n) is 6.96. The molecule has 0 atom stereocenters. The lowest BCUT2D eigenvalue weighted by Crippen LogP contribution is -2.32. The molecule has 0 unspecified atom stereocenters. The molecule has 2 N–H and O–H groups in total. The summed E-state index contributed by atoms with van der Waals surface area (Å²) in [5.74, 6) is 0.562. The van der Waals surface area contributed by atoms with Crippen LogP contribution in [0.2, 0.25) is 0 Å². The zero-order chi connectivity index (χ0) is 16.5. The summed E-state index contributed by atoms with van der Waals surface area (Å²) in [4.78, 5) is 24.1. The molecule has 7 heteroatoms. The van der Waals surface area contributed by atoms with Crippen molar-refractivity contribution in [3.8, 4) is 5.75 Å². The zero-order valence-corrected chi connectivity index (χ0v) is 12.9. The Morgan fingerprint density at radius 2 is 2.09 bits per heavy atom. The second-order valence-corrected chi connectivity index (χ2v) is 4.54. The van der Waals surface area contributed by atoms with Crippen molar-refractivity contribution in [2.45, 2.75) is 13.5 Å². The number of pyridine rings is 1. The molecule has 1 aromatic heterocycles. The van der Waals surface area contributed by atoms with Gasteiger partial charge in [-0.3, -0.25) is 9.78 Å². The summed E-state index contributed by atoms with van der Waals surface area (Å²) in [6.45, 7) is 1.65. The summed E-state index contributed by atoms with van der Waals surface area (Å²) in [6, 6.07) is 11.2. The summed E-state index contributed by atoms with van der Waals surface area (Å²) < 4.78 is 5.29. The van der Waals surface area contributed by atoms with Crippen LogP contribution in [0.15, 0.2) is 53.8 Å². The van der Waals surface area contributed by atoms with Crippen LogP contribution >= 0.6 is 0 Å². The van der Waals surface area contributed by atoms with Gasteiger partial charge in [-0.1, -0.05) is 18.2 Å². The fraction of sp³-hybridized carbons (Fsp3) is 0.188. The highest BCUT2D eigenvalue weighted by molar-refractivity contribution is 5.93. The van der Waals surface area contributed by atoms with Crippen molar-refractivity contribution in [3.05, 3.63) is 54.4 Å². The van der Waals surface area contributed by atoms with E-state index in [2.05, 4.69) is 20.8 Å². The smallest absolute Gasteiger partial charge is 0.329 e. The molecular weight excluding hydrogens is 296 g/mol. The Balaban J connectivity index is 2.13. The number of para-hydroxylation sites is 1. The van der Waals surface area contributed by atoms with Crippen LogP contribution in [0.25, 0.3) is 0 Å². The molecule has 23 heavy (non-hydrogen) atoms. The van der Waals surface area contributed by atoms with Gasteiger partial charge in [-0.25, -0.2) is 4.99 Å². The predicted octanol–water partition coefficient (Wildman–Crippen LogP) is 2.13. The summed E-state index contributed by atoms with van der Waals surface area (Å²) in [5, 5.41) is 3.00. The van der Waals surface area contributed by atoms with E-state index in [0.717, 1.165) is 11.3 Å². The second kappa shape index (κ2) is 8.38. The molecule has 0 aliphatic rings. The molecule has 0 fully saturated rings. The Hall–Kier alpha value is -3.09. The number of hydrogen-bond acceptors (Lipinski definition) is 5. The van der Waals surface area contributed by atoms with E-state index in [-0.39, 0.29) is 0 Å². The number of rotatable bonds is 4. The first kappa shape index (κ1) is 16.3. The first-order valence-corrected chi connectivity index (χ1v) is 6.96. The van der Waals surface area contributed by atoms with Crippen LogP contribution in [0.3, 0.4) is 0 Å². The molecule has 0 radical (unpaired) electrons. The zero-order valence-electron chi connectivity index (χ0n) is 12.9. The summed E-state index contributed by atoms with van der Waals surface area (Å²) in [5.41, 5.74) is 4.12. The minimum atomic E-state index is -0.469. The molecule has 1 heterocycles. The van der Waals surface area contributed by atoms with Gasteiger partial charge in [0, 0.05) is 18.7 Å². The molecule has 120 valence electrons. The van der Waals surface area contributed by atoms with E-state index in [4.69, 9.17) is 9.57 Å². The van der Waals surface area contributed by atoms with E-state index in [1.165, 1.54) is 6.92 Å². The minimum absolute atomic E-state index is 0.291. The number of hydrogen-bond donors (Lipinski definition) is 2. The van der Waals surface area contributed by atoms with Crippen LogP contribution in [-0.2, 0) is 16.2 Å². The van der Waals surface area contributed by atoms with Gasteiger partial charge >= 0.3 is 5.97 Å². The van der Waals surface area contributed by atoms with Crippen LogP contribution < -0.4 is 15.5 Å². The van der Waals surface area contributed by atoms with Crippen LogP contribution in [-0.4, -0.2) is 24.0 Å². The Labute approximate surface area is 134 Å². The van der Waals surface area contributed by atoms with Gasteiger partial charge in [0.2, 0.25) is 5.96 Å². The van der Waals surface area contributed by atoms with Crippen molar-refractivity contribution < 1.29 is 14.4 Å². The topological polar surface area (TPSA) is 84.8 Å². The van der Waals surface area contributed by atoms with Crippen LogP contribution in [0.1, 0.15) is 12.5 Å². The van der Waals surface area contributed by atoms with Gasteiger partial charge in [0.25, 0.3) is 0 Å². The highest BCUT2D eigenvalue weighted by atomic mass is 16.7. The van der Waals surface area contributed by atoms with E-state index >= 15 is 0 Å². The number of anilines is 1. The number of nitrogens with zero attached hydrogens (tertiary/aromatic N) is 2. The summed E-state index contributed by atoms with van der Waals surface area (Å²) >= 11 is 0. The number of nitrogens with one attached hydrogen (secondary N) is 2. The molecule has 7 nitrogen and oxygen atoms in total. The van der Waals surface area contributed by atoms with Crippen molar-refractivity contribution in [1.29, 1.82) is 0 Å². The lowest BCUT2D eigenvalue weighted by molar-refractivity contribution is -0.145. The van der Waals surface area contributed by atoms with Crippen LogP contribution in [0.4, 0.5) is 5.69 Å². The average molecular weight is 314 g/mol. The van der Waals surface area contributed by atoms with Crippen molar-refractivity contribution in [3.63, 3.8) is 0 Å². The SMILES string of the molecule is COc1ccccc1CN=C(NOC(C)=O)Nc1cccnc1. The van der Waals surface area contributed by atoms with E-state index in [1.54, 1.807) is 25.6 Å². The fourth-order valence-corrected chi connectivity index (χ4v) is 1.79. The Morgan fingerprint density at radius 1 is 1.26 bits per heavy atom. The van der Waals surface area contributed by atoms with Crippen molar-refractivity contribution in [1.82, 2.24) is 10.5 Å². The highest BCUT2D eigenvalue weighted by Crippen LogP contribution is 2.18. The normalized spacial score (nSPS) is 10.8. The van der Waals surface area contributed by atoms with Crippen molar-refractivity contribution in [2.24, 2.45) is 4.99 Å². The number of carbonyl (C=O) groups excluding carboxylic acids is 1. The highest BCUT2D eigenvalue weighted by Gasteiger charge is 2.05. The molecular formula is C16H18N4O3. The maximum Gasteiger partial charge on any atom is 0.329 e. The Bertz CT molecular complexity index is 674. The van der Waals surface area contributed by atoms with Crippen LogP contribution in [0, 0.1) is 0 Å². The van der Waals surface area contributed by atoms with Gasteiger partial charge in [-0.05, 0) is 18.2 Å². The summed E-state index contributed by atoms with van der Waals surface area (Å²) in [6.07, 6.45) is 3.30. The molecule has 1 aromatic carbocycles. The summed E-state index contributed by atoms with van der Waals surface area (Å²) in [7, 11) is 1.61. The van der Waals surface area contributed by atoms with Crippen molar-refractivity contribution >= 4 is 17.6 Å². The quantitative estimate of drug-likeness (QED) is 0.511. The number of aromatic nitrogens is 1. The number of guanidine groups is 1. The van der Waals surface area contributed by atoms with Gasteiger partial charge in [0.15, 0.2) is 0 Å². The number of carbonyl (C=O) groups is 1. The third kappa shape index (κ3) is 5.31. The lowest BCUT2D eigenvalue weighted by atomic mass is 10.2. The van der Waals surface area contributed by atoms with Gasteiger partial charge < -0.3 is 14.9 Å². The lowest BCUT2D eigenvalue weighted by Gasteiger charge is -2.12. The molecule has 2 aromatic rings. The number of ether oxygens (including phenoxy) is 1. The monoisotopic (exact) mass is 314 g/mol. The maximum absolute atomic E-state index is 11.0. The van der Waals surface area contributed by atoms with E-state index in [0.29, 0.717) is 18.2 Å². The molecule has 0 aliphatic heterocycles. The molecule has 0 amide bonds. The first-order chi connectivity index (χ1) is 11.2. The maximum atomic E-state index is 11.0. The molecule has 0 saturated heterocycles. The van der Waals surface area contributed by atoms with E-state index < -0.39 is 5.97 Å². The molecule has 0 saturated carbocycles. The number of benzene rings is 1. The Kier molecular flexibility index (Phi) is 5.93. The standard InChI is InChI=1S/C16H18N4O3/c1-12(21)23-20-16(19-14-7-5-9-17-11-14)18-10-13-6-3-4-8-15(13)22-2/h3-9,11H,10H2,1-2H3,(H2,18,19,20). The third-order valence-electron chi connectivity index (χ3n) is 2.82. The van der Waals surface area contributed by atoms with E-state index in [1.807, 2.05) is 30.3 Å². The minimum Gasteiger partial charge on any atom is -0.496 e. The number of methoxy groups -OCH3 is 1. The predicted molar refractivity (Wildman–Crippen MR) is 86.9 cm³/mol. The molecule has 0 aliphatic carbocycles. The Morgan fingerprint density at radius 3 is 2.78 bits per heavy atom. The van der Waals surface area contributed by atoms with Gasteiger partial charge in [0.05, 0.1) is 25.5 Å². The average Bonchev–Trinajstić information content (AvgIpc) is 2.58. The largest absolute Gasteiger partial charge is 0.496 e. The number of hydroxylamine groups is 1. The molecule has 2 rings (SSSR count). The van der Waals surface area contributed by atoms with Gasteiger partial charge in [-0.2, -0.15) is 5.48 Å². The third-order valence-corrected chi connectivity index (χ3v) is 2.82. The van der Waals surface area contributed by atoms with Crippen LogP contribution in [0.5, 0.6) is 5.75 Å². The van der Waals surface area contributed by atoms with Gasteiger partial charge in [-0.15, -0.1) is 0 Å². The number of aliphatic imine (C=N–C) groups is 1. The fourth-order valence-electron chi connectivity index (χ4n) is 1.79.